The molecule has 3 aromatic rings. The summed E-state index contributed by atoms with van der Waals surface area (Å²) < 4.78 is 29.2. The molecule has 0 bridgehead atoms. The number of anilines is 3. The number of hydrogen-bond donors (Lipinski definition) is 2. The molecule has 1 atom stereocenters. The topological polar surface area (TPSA) is 96.3 Å². The first-order valence-corrected chi connectivity index (χ1v) is 12.4. The third-order valence-electron chi connectivity index (χ3n) is 4.07. The van der Waals surface area contributed by atoms with Gasteiger partial charge < -0.3 is 10.6 Å². The van der Waals surface area contributed by atoms with Crippen LogP contribution >= 0.6 is 0 Å². The molecule has 0 saturated heterocycles. The van der Waals surface area contributed by atoms with Gasteiger partial charge in [-0.25, -0.2) is 4.98 Å². The van der Waals surface area contributed by atoms with Gasteiger partial charge in [-0.3, -0.25) is 0 Å². The third-order valence-corrected chi connectivity index (χ3v) is 7.57. The van der Waals surface area contributed by atoms with Gasteiger partial charge in [0.2, 0.25) is 5.95 Å². The number of aromatic nitrogens is 2. The lowest BCUT2D eigenvalue weighted by Gasteiger charge is -2.11. The van der Waals surface area contributed by atoms with Crippen molar-refractivity contribution < 1.29 is 8.42 Å². The molecule has 2 N–H and O–H groups in total. The molecule has 0 aliphatic carbocycles. The summed E-state index contributed by atoms with van der Waals surface area (Å²) in [5.74, 6) is 1.23. The highest BCUT2D eigenvalue weighted by Gasteiger charge is 2.13. The number of hydrogen-bond acceptors (Lipinski definition) is 6. The van der Waals surface area contributed by atoms with E-state index >= 15 is 0 Å². The average molecular weight is 444 g/mol. The summed E-state index contributed by atoms with van der Waals surface area (Å²) >= 11 is 0. The van der Waals surface area contributed by atoms with Crippen molar-refractivity contribution in [2.45, 2.75) is 36.6 Å². The van der Waals surface area contributed by atoms with Crippen LogP contribution in [0, 0.1) is 6.92 Å². The highest BCUT2D eigenvalue weighted by molar-refractivity contribution is 7.99. The van der Waals surface area contributed by atoms with Gasteiger partial charge in [0.05, 0.1) is 4.90 Å². The lowest BCUT2D eigenvalue weighted by Crippen LogP contribution is -2.11. The van der Waals surface area contributed by atoms with E-state index in [0.29, 0.717) is 5.95 Å². The van der Waals surface area contributed by atoms with Crippen molar-refractivity contribution in [1.29, 1.82) is 0 Å². The summed E-state index contributed by atoms with van der Waals surface area (Å²) in [6.07, 6.45) is 3.48. The van der Waals surface area contributed by atoms with E-state index in [1.165, 1.54) is 0 Å². The second kappa shape index (κ2) is 9.36. The molecule has 7 nitrogen and oxygen atoms in total. The molecule has 0 radical (unpaired) electrons. The van der Waals surface area contributed by atoms with Crippen molar-refractivity contribution in [2.75, 3.05) is 16.9 Å². The lowest BCUT2D eigenvalue weighted by atomic mass is 10.2. The maximum Gasteiger partial charge on any atom is 0.288 e. The first-order chi connectivity index (χ1) is 14.2. The Morgan fingerprint density at radius 2 is 1.67 bits per heavy atom. The Hall–Kier alpha value is -2.78. The molecule has 30 heavy (non-hydrogen) atoms. The fourth-order valence-corrected chi connectivity index (χ4v) is 5.48. The molecular weight excluding hydrogens is 418 g/mol. The molecule has 9 heteroatoms. The second-order valence-corrected chi connectivity index (χ2v) is 10.5. The van der Waals surface area contributed by atoms with Crippen LogP contribution in [-0.4, -0.2) is 30.7 Å². The summed E-state index contributed by atoms with van der Waals surface area (Å²) in [4.78, 5) is 9.69. The number of sulfonamides is 1. The quantitative estimate of drug-likeness (QED) is 0.557. The van der Waals surface area contributed by atoms with Crippen LogP contribution in [0.2, 0.25) is 0 Å². The third kappa shape index (κ3) is 5.87. The van der Waals surface area contributed by atoms with Gasteiger partial charge in [-0.05, 0) is 69.5 Å². The molecule has 3 rings (SSSR count). The Bertz CT molecular complexity index is 1140. The molecule has 2 aromatic carbocycles. The minimum atomic E-state index is -3.70. The van der Waals surface area contributed by atoms with Gasteiger partial charge in [-0.1, -0.05) is 28.4 Å². The summed E-state index contributed by atoms with van der Waals surface area (Å²) in [5.41, 5.74) is 1.81. The van der Waals surface area contributed by atoms with Crippen LogP contribution in [0.15, 0.2) is 74.4 Å². The van der Waals surface area contributed by atoms with Gasteiger partial charge in [0.25, 0.3) is 10.0 Å². The molecule has 0 aliphatic heterocycles. The lowest BCUT2D eigenvalue weighted by molar-refractivity contribution is 0.598. The first kappa shape index (κ1) is 21.9. The highest BCUT2D eigenvalue weighted by atomic mass is 32.3. The molecule has 0 amide bonds. The van der Waals surface area contributed by atoms with E-state index in [-0.39, 0.29) is 10.9 Å². The van der Waals surface area contributed by atoms with Crippen molar-refractivity contribution in [1.82, 2.24) is 9.97 Å². The monoisotopic (exact) mass is 443 g/mol. The molecular formula is C21H25N5O2S2. The largest absolute Gasteiger partial charge is 0.368 e. The Morgan fingerprint density at radius 3 is 2.30 bits per heavy atom. The zero-order chi connectivity index (χ0) is 21.7. The maximum atomic E-state index is 12.5. The number of nitrogens with one attached hydrogen (secondary N) is 2. The van der Waals surface area contributed by atoms with Crippen molar-refractivity contribution in [2.24, 2.45) is 3.77 Å². The van der Waals surface area contributed by atoms with E-state index < -0.39 is 20.7 Å². The van der Waals surface area contributed by atoms with Crippen LogP contribution in [0.25, 0.3) is 0 Å². The van der Waals surface area contributed by atoms with Crippen molar-refractivity contribution in [3.05, 3.63) is 66.4 Å². The predicted molar refractivity (Wildman–Crippen MR) is 123 cm³/mol. The molecule has 0 aliphatic rings. The molecule has 0 fully saturated rings. The van der Waals surface area contributed by atoms with Gasteiger partial charge in [0.1, 0.15) is 5.82 Å². The van der Waals surface area contributed by atoms with Crippen LogP contribution in [0.3, 0.4) is 0 Å². The van der Waals surface area contributed by atoms with E-state index in [0.717, 1.165) is 22.0 Å². The molecule has 0 saturated carbocycles. The molecule has 1 aromatic heterocycles. The van der Waals surface area contributed by atoms with Gasteiger partial charge in [0, 0.05) is 22.8 Å². The molecule has 0 unspecified atom stereocenters. The number of benzene rings is 2. The Labute approximate surface area is 180 Å². The Balaban J connectivity index is 1.75. The van der Waals surface area contributed by atoms with Crippen LogP contribution in [0.4, 0.5) is 17.5 Å². The van der Waals surface area contributed by atoms with Crippen molar-refractivity contribution in [3.8, 4) is 0 Å². The first-order valence-electron chi connectivity index (χ1n) is 9.40. The fourth-order valence-electron chi connectivity index (χ4n) is 2.60. The Morgan fingerprint density at radius 1 is 1.00 bits per heavy atom. The van der Waals surface area contributed by atoms with E-state index in [1.54, 1.807) is 36.7 Å². The zero-order valence-corrected chi connectivity index (χ0v) is 19.0. The van der Waals surface area contributed by atoms with E-state index in [9.17, 15) is 8.42 Å². The van der Waals surface area contributed by atoms with Gasteiger partial charge >= 0.3 is 0 Å². The number of rotatable bonds is 7. The highest BCUT2D eigenvalue weighted by Crippen LogP contribution is 2.20. The standard InChI is InChI=1S/C21H25N5O2S2/c1-15(2)23-20-13-14-22-21(25-20)24-17-7-9-18(10-8-17)29(4)26-30(27,28)19-11-5-16(3)6-12-19/h5-15H,1-4H3,(H2,22,23,24,25)/t29-/m0/s1. The molecule has 158 valence electrons. The molecule has 1 heterocycles. The van der Waals surface area contributed by atoms with Crippen LogP contribution < -0.4 is 10.6 Å². The number of aryl methyl sites for hydroxylation is 1. The molecule has 0 spiro atoms. The van der Waals surface area contributed by atoms with Gasteiger partial charge in [-0.15, -0.1) is 3.77 Å². The smallest absolute Gasteiger partial charge is 0.288 e. The second-order valence-electron chi connectivity index (χ2n) is 7.05. The van der Waals surface area contributed by atoms with E-state index in [1.807, 2.05) is 51.1 Å². The normalized spacial score (nSPS) is 12.7. The van der Waals surface area contributed by atoms with Crippen molar-refractivity contribution in [3.63, 3.8) is 0 Å². The minimum Gasteiger partial charge on any atom is -0.368 e. The maximum absolute atomic E-state index is 12.5. The predicted octanol–water partition coefficient (Wildman–Crippen LogP) is 4.53. The Kier molecular flexibility index (Phi) is 6.84. The minimum absolute atomic E-state index is 0.206. The zero-order valence-electron chi connectivity index (χ0n) is 17.3. The number of nitrogens with zero attached hydrogens (tertiary/aromatic N) is 3. The summed E-state index contributed by atoms with van der Waals surface area (Å²) in [6, 6.07) is 16.2. The van der Waals surface area contributed by atoms with Crippen molar-refractivity contribution >= 4 is 38.2 Å². The van der Waals surface area contributed by atoms with Crippen LogP contribution in [-0.2, 0) is 20.7 Å². The summed E-state index contributed by atoms with van der Waals surface area (Å²) in [5, 5.41) is 6.39. The van der Waals surface area contributed by atoms with Gasteiger partial charge in [-0.2, -0.15) is 13.4 Å². The average Bonchev–Trinajstić information content (AvgIpc) is 2.68. The SMILES string of the molecule is Cc1ccc(S(=O)(=O)N=[S@@](C)c2ccc(Nc3nccc(NC(C)C)n3)cc2)cc1. The van der Waals surface area contributed by atoms with E-state index in [4.69, 9.17) is 0 Å². The summed E-state index contributed by atoms with van der Waals surface area (Å²) in [6.45, 7) is 6.00. The van der Waals surface area contributed by atoms with Crippen LogP contribution in [0.5, 0.6) is 0 Å². The fraction of sp³-hybridized carbons (Fsp3) is 0.238. The van der Waals surface area contributed by atoms with Gasteiger partial charge in [0.15, 0.2) is 0 Å². The van der Waals surface area contributed by atoms with E-state index in [2.05, 4.69) is 24.4 Å². The summed E-state index contributed by atoms with van der Waals surface area (Å²) in [7, 11) is -4.51. The van der Waals surface area contributed by atoms with Crippen LogP contribution in [0.1, 0.15) is 19.4 Å².